The van der Waals surface area contributed by atoms with Gasteiger partial charge in [0.15, 0.2) is 0 Å². The maximum absolute atomic E-state index is 14.8. The van der Waals surface area contributed by atoms with Crippen LogP contribution in [0.3, 0.4) is 0 Å². The Balaban J connectivity index is 1.95. The molecule has 2 aromatic carbocycles. The van der Waals surface area contributed by atoms with Crippen molar-refractivity contribution >= 4 is 26.4 Å². The zero-order valence-electron chi connectivity index (χ0n) is 16.7. The summed E-state index contributed by atoms with van der Waals surface area (Å²) in [6, 6.07) is 7.92. The van der Waals surface area contributed by atoms with E-state index in [0.29, 0.717) is 16.8 Å². The number of sulfone groups is 1. The fraction of sp³-hybridized carbons (Fsp3) is 0.318. The number of aryl methyl sites for hydroxylation is 3. The Morgan fingerprint density at radius 3 is 2.38 bits per heavy atom. The lowest BCUT2D eigenvalue weighted by Gasteiger charge is -2.20. The fourth-order valence-electron chi connectivity index (χ4n) is 3.97. The van der Waals surface area contributed by atoms with Crippen LogP contribution in [0, 0.1) is 19.7 Å². The van der Waals surface area contributed by atoms with E-state index in [0.717, 1.165) is 31.5 Å². The first-order chi connectivity index (χ1) is 13.7. The summed E-state index contributed by atoms with van der Waals surface area (Å²) in [6.07, 6.45) is 3.35. The third-order valence-corrected chi connectivity index (χ3v) is 7.48. The highest BCUT2D eigenvalue weighted by atomic mass is 32.2. The predicted molar refractivity (Wildman–Crippen MR) is 112 cm³/mol. The predicted octanol–water partition coefficient (Wildman–Crippen LogP) is 3.73. The molecule has 0 radical (unpaired) electrons. The van der Waals surface area contributed by atoms with Crippen LogP contribution in [0.1, 0.15) is 24.0 Å². The summed E-state index contributed by atoms with van der Waals surface area (Å²) in [5.41, 5.74) is 1.64. The minimum atomic E-state index is -4.04. The molecule has 2 heterocycles. The van der Waals surface area contributed by atoms with E-state index in [1.165, 1.54) is 12.3 Å². The monoisotopic (exact) mass is 414 g/mol. The molecule has 1 saturated heterocycles. The summed E-state index contributed by atoms with van der Waals surface area (Å²) in [4.78, 5) is 14.8. The van der Waals surface area contributed by atoms with Gasteiger partial charge >= 0.3 is 0 Å². The van der Waals surface area contributed by atoms with Gasteiger partial charge in [-0.2, -0.15) is 0 Å². The second-order valence-corrected chi connectivity index (χ2v) is 9.61. The van der Waals surface area contributed by atoms with E-state index in [1.807, 2.05) is 11.0 Å². The lowest BCUT2D eigenvalue weighted by Crippen LogP contribution is -2.22. The van der Waals surface area contributed by atoms with E-state index in [-0.39, 0.29) is 15.2 Å². The van der Waals surface area contributed by atoms with Crippen LogP contribution in [-0.2, 0) is 16.9 Å². The molecule has 152 valence electrons. The molecular weight excluding hydrogens is 391 g/mol. The van der Waals surface area contributed by atoms with Crippen molar-refractivity contribution in [1.29, 1.82) is 0 Å². The molecule has 0 unspecified atom stereocenters. The van der Waals surface area contributed by atoms with Gasteiger partial charge in [-0.25, -0.2) is 12.8 Å². The summed E-state index contributed by atoms with van der Waals surface area (Å²) >= 11 is 0. The van der Waals surface area contributed by atoms with E-state index < -0.39 is 21.1 Å². The number of nitrogens with zero attached hydrogens (tertiary/aromatic N) is 2. The summed E-state index contributed by atoms with van der Waals surface area (Å²) < 4.78 is 42.9. The minimum Gasteiger partial charge on any atom is -0.369 e. The van der Waals surface area contributed by atoms with Gasteiger partial charge < -0.3 is 9.47 Å². The minimum absolute atomic E-state index is 0.0688. The molecule has 0 aliphatic carbocycles. The van der Waals surface area contributed by atoms with Gasteiger partial charge in [-0.3, -0.25) is 4.79 Å². The van der Waals surface area contributed by atoms with E-state index in [9.17, 15) is 17.6 Å². The van der Waals surface area contributed by atoms with Crippen LogP contribution in [0.15, 0.2) is 51.1 Å². The standard InChI is InChI=1S/C22H23FN2O3S/c1-14-6-7-15(2)20(10-14)29(27,28)21-13-24(3)18-12-19(25-8-4-5-9-25)17(23)11-16(18)22(21)26/h6-7,10-13H,4-5,8-9H2,1-3H3. The van der Waals surface area contributed by atoms with Gasteiger partial charge in [-0.05, 0) is 56.0 Å². The summed E-state index contributed by atoms with van der Waals surface area (Å²) in [7, 11) is -2.37. The maximum atomic E-state index is 14.8. The number of rotatable bonds is 3. The van der Waals surface area contributed by atoms with Crippen molar-refractivity contribution in [3.05, 3.63) is 63.7 Å². The van der Waals surface area contributed by atoms with E-state index in [4.69, 9.17) is 0 Å². The number of aromatic nitrogens is 1. The largest absolute Gasteiger partial charge is 0.369 e. The first kappa shape index (κ1) is 19.6. The molecule has 0 saturated carbocycles. The van der Waals surface area contributed by atoms with Crippen LogP contribution in [0.2, 0.25) is 0 Å². The van der Waals surface area contributed by atoms with Crippen molar-refractivity contribution in [2.24, 2.45) is 7.05 Å². The van der Waals surface area contributed by atoms with Crippen molar-refractivity contribution in [2.45, 2.75) is 36.5 Å². The van der Waals surface area contributed by atoms with Gasteiger partial charge in [0, 0.05) is 26.3 Å². The van der Waals surface area contributed by atoms with Crippen LogP contribution in [0.5, 0.6) is 0 Å². The number of pyridine rings is 1. The number of fused-ring (bicyclic) bond motifs is 1. The smallest absolute Gasteiger partial charge is 0.212 e. The average molecular weight is 415 g/mol. The number of hydrogen-bond acceptors (Lipinski definition) is 4. The molecule has 0 atom stereocenters. The number of benzene rings is 2. The summed E-state index contributed by atoms with van der Waals surface area (Å²) in [5, 5.41) is 0.0688. The molecule has 1 aromatic heterocycles. The van der Waals surface area contributed by atoms with Crippen molar-refractivity contribution in [3.8, 4) is 0 Å². The summed E-state index contributed by atoms with van der Waals surface area (Å²) in [5.74, 6) is -0.502. The van der Waals surface area contributed by atoms with Gasteiger partial charge in [-0.15, -0.1) is 0 Å². The van der Waals surface area contributed by atoms with Gasteiger partial charge in [0.25, 0.3) is 0 Å². The molecule has 4 rings (SSSR count). The van der Waals surface area contributed by atoms with Crippen LogP contribution >= 0.6 is 0 Å². The number of hydrogen-bond donors (Lipinski definition) is 0. The molecule has 29 heavy (non-hydrogen) atoms. The van der Waals surface area contributed by atoms with Crippen LogP contribution in [0.25, 0.3) is 10.9 Å². The molecule has 3 aromatic rings. The third-order valence-electron chi connectivity index (χ3n) is 5.59. The first-order valence-corrected chi connectivity index (χ1v) is 11.1. The Kier molecular flexibility index (Phi) is 4.73. The Labute approximate surface area is 169 Å². The molecule has 0 bridgehead atoms. The number of anilines is 1. The maximum Gasteiger partial charge on any atom is 0.212 e. The zero-order valence-corrected chi connectivity index (χ0v) is 17.5. The Morgan fingerprint density at radius 2 is 1.69 bits per heavy atom. The van der Waals surface area contributed by atoms with Crippen LogP contribution in [-0.4, -0.2) is 26.1 Å². The van der Waals surface area contributed by atoms with Gasteiger partial charge in [0.1, 0.15) is 10.7 Å². The van der Waals surface area contributed by atoms with Gasteiger partial charge in [-0.1, -0.05) is 12.1 Å². The van der Waals surface area contributed by atoms with E-state index in [1.54, 1.807) is 43.7 Å². The lowest BCUT2D eigenvalue weighted by molar-refractivity contribution is 0.593. The van der Waals surface area contributed by atoms with E-state index in [2.05, 4.69) is 0 Å². The zero-order chi connectivity index (χ0) is 20.9. The third kappa shape index (κ3) is 3.23. The normalized spacial score (nSPS) is 14.7. The molecule has 0 N–H and O–H groups in total. The highest BCUT2D eigenvalue weighted by molar-refractivity contribution is 7.91. The topological polar surface area (TPSA) is 59.4 Å². The summed E-state index contributed by atoms with van der Waals surface area (Å²) in [6.45, 7) is 5.04. The Morgan fingerprint density at radius 1 is 1.00 bits per heavy atom. The molecule has 0 spiro atoms. The Bertz CT molecular complexity index is 1290. The molecule has 1 aliphatic rings. The fourth-order valence-corrected chi connectivity index (χ4v) is 5.69. The lowest BCUT2D eigenvalue weighted by atomic mass is 10.1. The molecule has 0 amide bonds. The van der Waals surface area contributed by atoms with Crippen LogP contribution < -0.4 is 10.3 Å². The van der Waals surface area contributed by atoms with Crippen molar-refractivity contribution in [3.63, 3.8) is 0 Å². The second kappa shape index (κ2) is 6.99. The Hall–Kier alpha value is -2.67. The van der Waals surface area contributed by atoms with Crippen molar-refractivity contribution in [1.82, 2.24) is 4.57 Å². The van der Waals surface area contributed by atoms with Gasteiger partial charge in [0.2, 0.25) is 15.3 Å². The SMILES string of the molecule is Cc1ccc(C)c(S(=O)(=O)c2cn(C)c3cc(N4CCCC4)c(F)cc3c2=O)c1. The molecular formula is C22H23FN2O3S. The van der Waals surface area contributed by atoms with Gasteiger partial charge in [0.05, 0.1) is 21.5 Å². The quantitative estimate of drug-likeness (QED) is 0.655. The van der Waals surface area contributed by atoms with Crippen LogP contribution in [0.4, 0.5) is 10.1 Å². The first-order valence-electron chi connectivity index (χ1n) is 9.60. The van der Waals surface area contributed by atoms with Crippen molar-refractivity contribution < 1.29 is 12.8 Å². The number of halogens is 1. The molecule has 1 fully saturated rings. The average Bonchev–Trinajstić information content (AvgIpc) is 3.20. The molecule has 5 nitrogen and oxygen atoms in total. The van der Waals surface area contributed by atoms with E-state index >= 15 is 0 Å². The second-order valence-electron chi connectivity index (χ2n) is 7.72. The highest BCUT2D eigenvalue weighted by Crippen LogP contribution is 2.29. The molecule has 7 heteroatoms. The molecule has 1 aliphatic heterocycles. The highest BCUT2D eigenvalue weighted by Gasteiger charge is 2.26. The van der Waals surface area contributed by atoms with Crippen molar-refractivity contribution in [2.75, 3.05) is 18.0 Å².